The molecule has 0 unspecified atom stereocenters. The van der Waals surface area contributed by atoms with E-state index >= 15 is 0 Å². The monoisotopic (exact) mass is 442 g/mol. The van der Waals surface area contributed by atoms with Crippen molar-refractivity contribution in [3.8, 4) is 0 Å². The Morgan fingerprint density at radius 1 is 0.452 bits per heavy atom. The zero-order valence-corrected chi connectivity index (χ0v) is 21.1. The van der Waals surface area contributed by atoms with Gasteiger partial charge in [-0.3, -0.25) is 4.79 Å². The van der Waals surface area contributed by atoms with E-state index in [0.717, 1.165) is 25.9 Å². The van der Waals surface area contributed by atoms with Crippen LogP contribution in [0.25, 0.3) is 0 Å². The molecule has 0 spiro atoms. The maximum Gasteiger partial charge on any atom is 0.305 e. The molecule has 0 saturated heterocycles. The highest BCUT2D eigenvalue weighted by Crippen LogP contribution is 2.10. The third-order valence-electron chi connectivity index (χ3n) is 5.69. The molecule has 0 aliphatic heterocycles. The highest BCUT2D eigenvalue weighted by Gasteiger charge is 2.02. The summed E-state index contributed by atoms with van der Waals surface area (Å²) in [5, 5.41) is 0. The summed E-state index contributed by atoms with van der Waals surface area (Å²) in [5.41, 5.74) is 0. The van der Waals surface area contributed by atoms with Crippen LogP contribution in [0.4, 0.5) is 0 Å². The molecule has 0 atom stereocenters. The van der Waals surface area contributed by atoms with E-state index in [1.54, 1.807) is 0 Å². The number of esters is 1. The fourth-order valence-electron chi connectivity index (χ4n) is 3.65. The molecular weight excluding hydrogens is 388 g/mol. The Labute approximate surface area is 194 Å². The van der Waals surface area contributed by atoms with Crippen molar-refractivity contribution in [2.75, 3.05) is 33.0 Å². The Bertz CT molecular complexity index is 346. The van der Waals surface area contributed by atoms with Gasteiger partial charge in [-0.15, -0.1) is 0 Å². The first-order chi connectivity index (χ1) is 15.3. The quantitative estimate of drug-likeness (QED) is 0.100. The van der Waals surface area contributed by atoms with E-state index in [0.29, 0.717) is 32.8 Å². The number of carbonyl (C=O) groups excluding carboxylic acids is 1. The van der Waals surface area contributed by atoms with Gasteiger partial charge in [0, 0.05) is 19.6 Å². The van der Waals surface area contributed by atoms with E-state index in [1.807, 2.05) is 0 Å². The molecule has 0 aliphatic rings. The zero-order valence-electron chi connectivity index (χ0n) is 21.1. The molecule has 0 bridgehead atoms. The molecule has 0 aromatic heterocycles. The summed E-state index contributed by atoms with van der Waals surface area (Å²) in [6, 6.07) is 0. The van der Waals surface area contributed by atoms with Gasteiger partial charge in [0.2, 0.25) is 0 Å². The second-order valence-corrected chi connectivity index (χ2v) is 8.85. The summed E-state index contributed by atoms with van der Waals surface area (Å²) >= 11 is 0. The van der Waals surface area contributed by atoms with Gasteiger partial charge in [-0.25, -0.2) is 0 Å². The van der Waals surface area contributed by atoms with Gasteiger partial charge in [-0.2, -0.15) is 0 Å². The highest BCUT2D eigenvalue weighted by molar-refractivity contribution is 5.69. The average Bonchev–Trinajstić information content (AvgIpc) is 2.77. The minimum atomic E-state index is -0.0909. The van der Waals surface area contributed by atoms with Crippen molar-refractivity contribution >= 4 is 5.97 Å². The molecule has 0 rings (SSSR count). The number of rotatable bonds is 26. The van der Waals surface area contributed by atoms with Gasteiger partial charge in [0.25, 0.3) is 0 Å². The van der Waals surface area contributed by atoms with Crippen LogP contribution in [-0.2, 0) is 19.0 Å². The van der Waals surface area contributed by atoms with Crippen LogP contribution >= 0.6 is 0 Å². The number of unbranched alkanes of at least 4 members (excludes halogenated alkanes) is 15. The molecule has 0 amide bonds. The SMILES string of the molecule is CCCCCCCCCCCCOCCOCCCC(=O)OCCCCCCCCC. The Kier molecular flexibility index (Phi) is 26.9. The molecule has 0 N–H and O–H groups in total. The predicted octanol–water partition coefficient (Wildman–Crippen LogP) is 8.01. The molecule has 0 aromatic carbocycles. The lowest BCUT2D eigenvalue weighted by Crippen LogP contribution is -2.09. The molecule has 0 fully saturated rings. The Hall–Kier alpha value is -0.610. The lowest BCUT2D eigenvalue weighted by Gasteiger charge is -2.07. The lowest BCUT2D eigenvalue weighted by molar-refractivity contribution is -0.144. The van der Waals surface area contributed by atoms with Crippen molar-refractivity contribution in [3.05, 3.63) is 0 Å². The minimum Gasteiger partial charge on any atom is -0.466 e. The van der Waals surface area contributed by atoms with Gasteiger partial charge in [0.05, 0.1) is 19.8 Å². The zero-order chi connectivity index (χ0) is 22.7. The smallest absolute Gasteiger partial charge is 0.305 e. The van der Waals surface area contributed by atoms with Crippen LogP contribution in [0.5, 0.6) is 0 Å². The van der Waals surface area contributed by atoms with E-state index < -0.39 is 0 Å². The van der Waals surface area contributed by atoms with Gasteiger partial charge in [0.1, 0.15) is 0 Å². The molecule has 4 nitrogen and oxygen atoms in total. The predicted molar refractivity (Wildman–Crippen MR) is 132 cm³/mol. The van der Waals surface area contributed by atoms with Crippen LogP contribution in [0.2, 0.25) is 0 Å². The van der Waals surface area contributed by atoms with Crippen molar-refractivity contribution in [3.63, 3.8) is 0 Å². The maximum atomic E-state index is 11.7. The summed E-state index contributed by atoms with van der Waals surface area (Å²) in [4.78, 5) is 11.7. The van der Waals surface area contributed by atoms with Crippen molar-refractivity contribution in [1.29, 1.82) is 0 Å². The van der Waals surface area contributed by atoms with E-state index in [-0.39, 0.29) is 5.97 Å². The summed E-state index contributed by atoms with van der Waals surface area (Å²) in [7, 11) is 0. The van der Waals surface area contributed by atoms with Crippen LogP contribution in [0.1, 0.15) is 136 Å². The Morgan fingerprint density at radius 3 is 1.32 bits per heavy atom. The van der Waals surface area contributed by atoms with Crippen molar-refractivity contribution in [2.45, 2.75) is 136 Å². The fourth-order valence-corrected chi connectivity index (χ4v) is 3.65. The minimum absolute atomic E-state index is 0.0909. The molecule has 0 radical (unpaired) electrons. The Balaban J connectivity index is 3.11. The normalized spacial score (nSPS) is 11.2. The highest BCUT2D eigenvalue weighted by atomic mass is 16.5. The topological polar surface area (TPSA) is 44.8 Å². The molecule has 31 heavy (non-hydrogen) atoms. The molecule has 186 valence electrons. The first kappa shape index (κ1) is 30.4. The molecule has 0 aromatic rings. The van der Waals surface area contributed by atoms with E-state index in [9.17, 15) is 4.79 Å². The van der Waals surface area contributed by atoms with E-state index in [1.165, 1.54) is 96.3 Å². The number of hydrogen-bond acceptors (Lipinski definition) is 4. The van der Waals surface area contributed by atoms with Crippen LogP contribution in [0.15, 0.2) is 0 Å². The summed E-state index contributed by atoms with van der Waals surface area (Å²) < 4.78 is 16.4. The van der Waals surface area contributed by atoms with Gasteiger partial charge < -0.3 is 14.2 Å². The maximum absolute atomic E-state index is 11.7. The third-order valence-corrected chi connectivity index (χ3v) is 5.69. The molecule has 0 saturated carbocycles. The lowest BCUT2D eigenvalue weighted by atomic mass is 10.1. The van der Waals surface area contributed by atoms with E-state index in [4.69, 9.17) is 14.2 Å². The summed E-state index contributed by atoms with van der Waals surface area (Å²) in [6.45, 7) is 7.79. The van der Waals surface area contributed by atoms with Crippen LogP contribution < -0.4 is 0 Å². The second-order valence-electron chi connectivity index (χ2n) is 8.85. The van der Waals surface area contributed by atoms with Crippen LogP contribution in [-0.4, -0.2) is 39.0 Å². The first-order valence-electron chi connectivity index (χ1n) is 13.6. The number of carbonyl (C=O) groups is 1. The second kappa shape index (κ2) is 27.4. The van der Waals surface area contributed by atoms with Crippen molar-refractivity contribution in [1.82, 2.24) is 0 Å². The van der Waals surface area contributed by atoms with Gasteiger partial charge in [-0.05, 0) is 19.3 Å². The fraction of sp³-hybridized carbons (Fsp3) is 0.963. The van der Waals surface area contributed by atoms with Crippen molar-refractivity contribution < 1.29 is 19.0 Å². The molecular formula is C27H54O4. The Morgan fingerprint density at radius 2 is 0.839 bits per heavy atom. The van der Waals surface area contributed by atoms with Crippen LogP contribution in [0.3, 0.4) is 0 Å². The number of ether oxygens (including phenoxy) is 3. The van der Waals surface area contributed by atoms with Crippen LogP contribution in [0, 0.1) is 0 Å². The average molecular weight is 443 g/mol. The van der Waals surface area contributed by atoms with Gasteiger partial charge in [-0.1, -0.05) is 110 Å². The summed E-state index contributed by atoms with van der Waals surface area (Å²) in [6.07, 6.45) is 23.4. The molecule has 0 aliphatic carbocycles. The standard InChI is InChI=1S/C27H54O4/c1-3-5-7-9-11-12-13-15-16-18-22-29-25-26-30-23-20-21-27(28)31-24-19-17-14-10-8-6-4-2/h3-26H2,1-2H3. The largest absolute Gasteiger partial charge is 0.466 e. The third kappa shape index (κ3) is 27.4. The van der Waals surface area contributed by atoms with Gasteiger partial charge in [0.15, 0.2) is 0 Å². The van der Waals surface area contributed by atoms with E-state index in [2.05, 4.69) is 13.8 Å². The molecule has 4 heteroatoms. The first-order valence-corrected chi connectivity index (χ1v) is 13.6. The summed E-state index contributed by atoms with van der Waals surface area (Å²) in [5.74, 6) is -0.0909. The van der Waals surface area contributed by atoms with Crippen molar-refractivity contribution in [2.24, 2.45) is 0 Å². The van der Waals surface area contributed by atoms with Gasteiger partial charge >= 0.3 is 5.97 Å². The number of hydrogen-bond donors (Lipinski definition) is 0. The molecule has 0 heterocycles.